The number of allylic oxidation sites excluding steroid dienone is 1. The molecule has 0 bridgehead atoms. The molecular weight excluding hydrogens is 821 g/mol. The molecule has 4 amide bonds. The van der Waals surface area contributed by atoms with Crippen LogP contribution >= 0.6 is 0 Å². The fraction of sp³-hybridized carbons (Fsp3) is 0.488. The van der Waals surface area contributed by atoms with E-state index in [-0.39, 0.29) is 43.5 Å². The van der Waals surface area contributed by atoms with Gasteiger partial charge in [0.05, 0.1) is 27.9 Å². The predicted octanol–water partition coefficient (Wildman–Crippen LogP) is 4.85. The van der Waals surface area contributed by atoms with Crippen molar-refractivity contribution in [2.75, 3.05) is 6.54 Å². The molecule has 326 valence electrons. The van der Waals surface area contributed by atoms with Crippen LogP contribution in [-0.2, 0) is 29.1 Å². The SMILES string of the molecule is O=C(N[C@H]1CCCCC/C=C\[C@@H]2C[C@@]2(C(=O)NS(=O)(=O)C2CC2)NC(=O)[C@@H]2C[C@@H](Oc3cc(-c4cccc([N+](=O)[O-])c4)nc4c5ccccc5nn34)CN2C1=O)OC1CCCC1. The molecule has 18 nitrogen and oxygen atoms in total. The quantitative estimate of drug-likeness (QED) is 0.116. The first-order valence-corrected chi connectivity index (χ1v) is 23.0. The molecule has 2 aromatic heterocycles. The van der Waals surface area contributed by atoms with Crippen molar-refractivity contribution in [2.24, 2.45) is 5.92 Å². The molecule has 4 aromatic rings. The molecule has 0 spiro atoms. The topological polar surface area (TPSA) is 234 Å². The number of hydrogen-bond donors (Lipinski definition) is 3. The van der Waals surface area contributed by atoms with Gasteiger partial charge in [-0.15, -0.1) is 0 Å². The lowest BCUT2D eigenvalue weighted by Gasteiger charge is -2.30. The largest absolute Gasteiger partial charge is 0.472 e. The van der Waals surface area contributed by atoms with Gasteiger partial charge in [0.2, 0.25) is 27.7 Å². The Morgan fingerprint density at radius 1 is 0.952 bits per heavy atom. The van der Waals surface area contributed by atoms with Crippen LogP contribution in [0, 0.1) is 16.0 Å². The molecule has 19 heteroatoms. The lowest BCUT2D eigenvalue weighted by atomic mass is 10.0. The summed E-state index contributed by atoms with van der Waals surface area (Å²) < 4.78 is 42.0. The fourth-order valence-corrected chi connectivity index (χ4v) is 10.3. The maximum Gasteiger partial charge on any atom is 0.408 e. The van der Waals surface area contributed by atoms with Crippen molar-refractivity contribution in [3.63, 3.8) is 0 Å². The lowest BCUT2D eigenvalue weighted by molar-refractivity contribution is -0.384. The van der Waals surface area contributed by atoms with Crippen LogP contribution in [0.4, 0.5) is 10.5 Å². The van der Waals surface area contributed by atoms with Gasteiger partial charge >= 0.3 is 6.09 Å². The first kappa shape index (κ1) is 41.3. The number of hydrogen-bond acceptors (Lipinski definition) is 12. The predicted molar refractivity (Wildman–Crippen MR) is 224 cm³/mol. The summed E-state index contributed by atoms with van der Waals surface area (Å²) in [6.07, 6.45) is 9.39. The standard InChI is InChI=1S/C43H48N8O10S/c52-39-36-22-30(60-37-23-35(26-11-10-13-28(21-26)51(56)57)44-38-32-16-8-9-17-33(32)47-50(37)38)25-49(36)40(53)34(45-42(55)61-29-14-6-7-15-29)18-5-3-1-2-4-12-27-24-43(27,46-39)41(54)48-62(58,59)31-19-20-31/h4,8-13,16-17,21,23,27,29-31,34,36H,1-3,5-7,14-15,18-20,22,24-25H2,(H,45,55)(H,46,52)(H,48,54)/b12-4-/t27-,30-,34+,36+,43-/m1/s1. The molecule has 2 aromatic carbocycles. The number of carbonyl (C=O) groups excluding carboxylic acids is 4. The van der Waals surface area contributed by atoms with Gasteiger partial charge in [-0.1, -0.05) is 49.3 Å². The lowest BCUT2D eigenvalue weighted by Crippen LogP contribution is -2.58. The molecule has 3 N–H and O–H groups in total. The van der Waals surface area contributed by atoms with E-state index in [0.717, 1.165) is 38.5 Å². The second-order valence-electron chi connectivity index (χ2n) is 17.0. The number of ether oxygens (including phenoxy) is 2. The van der Waals surface area contributed by atoms with E-state index in [4.69, 9.17) is 19.6 Å². The molecule has 4 heterocycles. The zero-order chi connectivity index (χ0) is 43.2. The van der Waals surface area contributed by atoms with Gasteiger partial charge in [0.1, 0.15) is 29.8 Å². The highest BCUT2D eigenvalue weighted by atomic mass is 32.2. The van der Waals surface area contributed by atoms with Crippen LogP contribution < -0.4 is 20.1 Å². The minimum absolute atomic E-state index is 0.0495. The molecular formula is C43H48N8O10S. The molecule has 0 radical (unpaired) electrons. The van der Waals surface area contributed by atoms with Crippen molar-refractivity contribution >= 4 is 56.1 Å². The number of benzene rings is 2. The maximum atomic E-state index is 14.8. The number of carbonyl (C=O) groups is 4. The number of nitrogens with zero attached hydrogens (tertiary/aromatic N) is 5. The number of nitrogens with one attached hydrogen (secondary N) is 3. The number of aromatic nitrogens is 3. The summed E-state index contributed by atoms with van der Waals surface area (Å²) in [4.78, 5) is 74.0. The molecule has 9 rings (SSSR count). The number of sulfonamides is 1. The Labute approximate surface area is 357 Å². The minimum Gasteiger partial charge on any atom is -0.472 e. The van der Waals surface area contributed by atoms with E-state index >= 15 is 0 Å². The van der Waals surface area contributed by atoms with Crippen molar-refractivity contribution in [2.45, 2.75) is 119 Å². The van der Waals surface area contributed by atoms with Crippen molar-refractivity contribution in [3.8, 4) is 17.1 Å². The highest BCUT2D eigenvalue weighted by molar-refractivity contribution is 7.91. The third kappa shape index (κ3) is 8.41. The van der Waals surface area contributed by atoms with Gasteiger partial charge in [0, 0.05) is 41.5 Å². The second-order valence-corrected chi connectivity index (χ2v) is 19.0. The summed E-state index contributed by atoms with van der Waals surface area (Å²) >= 11 is 0. The normalized spacial score (nSPS) is 26.4. The van der Waals surface area contributed by atoms with Crippen LogP contribution in [0.3, 0.4) is 0 Å². The Morgan fingerprint density at radius 2 is 1.74 bits per heavy atom. The molecule has 0 unspecified atom stereocenters. The number of rotatable bonds is 9. The van der Waals surface area contributed by atoms with E-state index in [2.05, 4.69) is 15.4 Å². The number of nitro groups is 1. The van der Waals surface area contributed by atoms with E-state index in [1.54, 1.807) is 18.2 Å². The second kappa shape index (κ2) is 16.6. The average Bonchev–Trinajstić information content (AvgIpc) is 4.06. The molecule has 4 fully saturated rings. The number of alkyl carbamates (subject to hydrolysis) is 1. The van der Waals surface area contributed by atoms with Crippen LogP contribution in [0.25, 0.3) is 27.8 Å². The summed E-state index contributed by atoms with van der Waals surface area (Å²) in [5.74, 6) is -2.32. The Balaban J connectivity index is 1.06. The van der Waals surface area contributed by atoms with Crippen LogP contribution in [0.15, 0.2) is 66.7 Å². The number of nitro benzene ring substituents is 1. The molecule has 5 aliphatic rings. The third-order valence-electron chi connectivity index (χ3n) is 12.6. The van der Waals surface area contributed by atoms with Gasteiger partial charge in [-0.05, 0) is 76.3 Å². The summed E-state index contributed by atoms with van der Waals surface area (Å²) in [6.45, 7) is -0.109. The monoisotopic (exact) mass is 868 g/mol. The van der Waals surface area contributed by atoms with Gasteiger partial charge in [-0.25, -0.2) is 18.2 Å². The fourth-order valence-electron chi connectivity index (χ4n) is 8.97. The van der Waals surface area contributed by atoms with Gasteiger partial charge in [0.15, 0.2) is 5.65 Å². The van der Waals surface area contributed by atoms with Gasteiger partial charge in [-0.2, -0.15) is 9.61 Å². The van der Waals surface area contributed by atoms with Crippen LogP contribution in [0.2, 0.25) is 0 Å². The minimum atomic E-state index is -3.94. The highest BCUT2D eigenvalue weighted by Crippen LogP contribution is 2.46. The molecule has 5 atom stereocenters. The van der Waals surface area contributed by atoms with Crippen molar-refractivity contribution in [1.29, 1.82) is 0 Å². The summed E-state index contributed by atoms with van der Waals surface area (Å²) in [7, 11) is -3.94. The molecule has 2 aliphatic heterocycles. The molecule has 1 saturated heterocycles. The van der Waals surface area contributed by atoms with Crippen molar-refractivity contribution < 1.29 is 42.0 Å². The summed E-state index contributed by atoms with van der Waals surface area (Å²) in [6, 6.07) is 12.7. The van der Waals surface area contributed by atoms with Crippen LogP contribution in [-0.4, -0.2) is 98.3 Å². The molecule has 3 saturated carbocycles. The summed E-state index contributed by atoms with van der Waals surface area (Å²) in [5.41, 5.74) is 0.127. The zero-order valence-electron chi connectivity index (χ0n) is 33.9. The number of non-ortho nitro benzene ring substituents is 1. The molecule has 62 heavy (non-hydrogen) atoms. The average molecular weight is 869 g/mol. The number of amides is 4. The van der Waals surface area contributed by atoms with Gasteiger partial charge in [-0.3, -0.25) is 29.2 Å². The smallest absolute Gasteiger partial charge is 0.408 e. The van der Waals surface area contributed by atoms with Gasteiger partial charge in [0.25, 0.3) is 11.6 Å². The third-order valence-corrected chi connectivity index (χ3v) is 14.4. The Morgan fingerprint density at radius 3 is 2.53 bits per heavy atom. The Bertz CT molecular complexity index is 2590. The van der Waals surface area contributed by atoms with E-state index in [1.807, 2.05) is 36.4 Å². The first-order valence-electron chi connectivity index (χ1n) is 21.4. The number of fused-ring (bicyclic) bond motifs is 5. The molecule has 3 aliphatic carbocycles. The maximum absolute atomic E-state index is 14.8. The first-order chi connectivity index (χ1) is 29.9. The highest BCUT2D eigenvalue weighted by Gasteiger charge is 2.62. The zero-order valence-corrected chi connectivity index (χ0v) is 34.8. The van der Waals surface area contributed by atoms with Crippen LogP contribution in [0.1, 0.15) is 83.5 Å². The van der Waals surface area contributed by atoms with E-state index in [1.165, 1.54) is 21.5 Å². The van der Waals surface area contributed by atoms with E-state index < -0.39 is 73.7 Å². The van der Waals surface area contributed by atoms with Crippen molar-refractivity contribution in [3.05, 3.63) is 76.9 Å². The van der Waals surface area contributed by atoms with Crippen LogP contribution in [0.5, 0.6) is 5.88 Å². The summed E-state index contributed by atoms with van der Waals surface area (Å²) in [5, 5.41) is 22.2. The van der Waals surface area contributed by atoms with Gasteiger partial charge < -0.3 is 25.0 Å². The van der Waals surface area contributed by atoms with E-state index in [0.29, 0.717) is 53.5 Å². The Kier molecular flexibility index (Phi) is 11.1. The Hall–Kier alpha value is -6.11. The van der Waals surface area contributed by atoms with E-state index in [9.17, 15) is 37.7 Å². The van der Waals surface area contributed by atoms with Crippen molar-refractivity contribution in [1.82, 2.24) is 34.9 Å².